The Hall–Kier alpha value is -1.20. The second kappa shape index (κ2) is 5.84. The van der Waals surface area contributed by atoms with Crippen LogP contribution in [0.5, 0.6) is 0 Å². The standard InChI is InChI=1S/C14H10Br2FNO/c1-8-3-2-4-12(13(8)16)18-14(19)10-7-9(17)5-6-11(10)15/h2-7H,1H3,(H,18,19). The third-order valence-electron chi connectivity index (χ3n) is 2.61. The maximum atomic E-state index is 13.2. The van der Waals surface area contributed by atoms with Gasteiger partial charge in [-0.05, 0) is 68.6 Å². The summed E-state index contributed by atoms with van der Waals surface area (Å²) in [6.45, 7) is 1.93. The van der Waals surface area contributed by atoms with Crippen molar-refractivity contribution in [1.29, 1.82) is 0 Å². The third-order valence-corrected chi connectivity index (χ3v) is 4.36. The summed E-state index contributed by atoms with van der Waals surface area (Å²) in [7, 11) is 0. The summed E-state index contributed by atoms with van der Waals surface area (Å²) in [6.07, 6.45) is 0. The molecule has 2 rings (SSSR count). The van der Waals surface area contributed by atoms with E-state index < -0.39 is 5.82 Å². The van der Waals surface area contributed by atoms with Gasteiger partial charge in [-0.1, -0.05) is 12.1 Å². The Morgan fingerprint density at radius 1 is 1.21 bits per heavy atom. The monoisotopic (exact) mass is 385 g/mol. The number of nitrogens with one attached hydrogen (secondary N) is 1. The molecular weight excluding hydrogens is 377 g/mol. The molecule has 0 atom stereocenters. The molecule has 0 aromatic heterocycles. The average molecular weight is 387 g/mol. The van der Waals surface area contributed by atoms with Crippen LogP contribution in [-0.4, -0.2) is 5.91 Å². The van der Waals surface area contributed by atoms with Crippen LogP contribution < -0.4 is 5.32 Å². The topological polar surface area (TPSA) is 29.1 Å². The second-order valence-corrected chi connectivity index (χ2v) is 5.66. The van der Waals surface area contributed by atoms with Crippen molar-refractivity contribution >= 4 is 43.5 Å². The van der Waals surface area contributed by atoms with Crippen molar-refractivity contribution in [2.75, 3.05) is 5.32 Å². The fraction of sp³-hybridized carbons (Fsp3) is 0.0714. The van der Waals surface area contributed by atoms with Crippen molar-refractivity contribution in [3.05, 3.63) is 62.3 Å². The molecule has 0 radical (unpaired) electrons. The molecule has 2 aromatic carbocycles. The first-order valence-corrected chi connectivity index (χ1v) is 7.09. The number of halogens is 3. The first-order chi connectivity index (χ1) is 8.99. The van der Waals surface area contributed by atoms with Gasteiger partial charge >= 0.3 is 0 Å². The number of aryl methyl sites for hydroxylation is 1. The zero-order valence-corrected chi connectivity index (χ0v) is 13.2. The van der Waals surface area contributed by atoms with Crippen molar-refractivity contribution in [2.24, 2.45) is 0 Å². The molecule has 0 saturated carbocycles. The van der Waals surface area contributed by atoms with Crippen molar-refractivity contribution in [3.63, 3.8) is 0 Å². The minimum absolute atomic E-state index is 0.258. The highest BCUT2D eigenvalue weighted by Crippen LogP contribution is 2.27. The van der Waals surface area contributed by atoms with E-state index in [0.29, 0.717) is 10.2 Å². The average Bonchev–Trinajstić information content (AvgIpc) is 2.38. The molecule has 1 N–H and O–H groups in total. The fourth-order valence-corrected chi connectivity index (χ4v) is 2.40. The highest BCUT2D eigenvalue weighted by Gasteiger charge is 2.13. The molecule has 0 heterocycles. The molecule has 2 aromatic rings. The van der Waals surface area contributed by atoms with Crippen molar-refractivity contribution in [2.45, 2.75) is 6.92 Å². The maximum absolute atomic E-state index is 13.2. The molecule has 2 nitrogen and oxygen atoms in total. The molecule has 0 fully saturated rings. The van der Waals surface area contributed by atoms with Gasteiger partial charge in [-0.3, -0.25) is 4.79 Å². The lowest BCUT2D eigenvalue weighted by Gasteiger charge is -2.10. The first-order valence-electron chi connectivity index (χ1n) is 5.50. The normalized spacial score (nSPS) is 10.3. The summed E-state index contributed by atoms with van der Waals surface area (Å²) in [6, 6.07) is 9.55. The largest absolute Gasteiger partial charge is 0.321 e. The number of carbonyl (C=O) groups excluding carboxylic acids is 1. The number of benzene rings is 2. The van der Waals surface area contributed by atoms with Gasteiger partial charge < -0.3 is 5.32 Å². The summed E-state index contributed by atoms with van der Waals surface area (Å²) in [5, 5.41) is 2.75. The Morgan fingerprint density at radius 3 is 2.68 bits per heavy atom. The van der Waals surface area contributed by atoms with Gasteiger partial charge in [-0.25, -0.2) is 4.39 Å². The maximum Gasteiger partial charge on any atom is 0.256 e. The Balaban J connectivity index is 2.31. The van der Waals surface area contributed by atoms with E-state index in [1.165, 1.54) is 18.2 Å². The quantitative estimate of drug-likeness (QED) is 0.780. The van der Waals surface area contributed by atoms with Gasteiger partial charge in [0.05, 0.1) is 11.3 Å². The molecular formula is C14H10Br2FNO. The molecule has 0 aliphatic rings. The van der Waals surface area contributed by atoms with E-state index in [-0.39, 0.29) is 11.5 Å². The number of anilines is 1. The smallest absolute Gasteiger partial charge is 0.256 e. The van der Waals surface area contributed by atoms with E-state index >= 15 is 0 Å². The Kier molecular flexibility index (Phi) is 4.37. The predicted molar refractivity (Wildman–Crippen MR) is 80.9 cm³/mol. The molecule has 0 saturated heterocycles. The van der Waals surface area contributed by atoms with E-state index in [1.807, 2.05) is 19.1 Å². The molecule has 0 aliphatic carbocycles. The van der Waals surface area contributed by atoms with E-state index in [2.05, 4.69) is 37.2 Å². The molecule has 0 bridgehead atoms. The zero-order chi connectivity index (χ0) is 14.0. The Bertz CT molecular complexity index is 643. The van der Waals surface area contributed by atoms with Crippen LogP contribution in [0.2, 0.25) is 0 Å². The summed E-state index contributed by atoms with van der Waals surface area (Å²) in [5.74, 6) is -0.811. The van der Waals surface area contributed by atoms with Crippen LogP contribution >= 0.6 is 31.9 Å². The highest BCUT2D eigenvalue weighted by molar-refractivity contribution is 9.11. The number of carbonyl (C=O) groups is 1. The van der Waals surface area contributed by atoms with Gasteiger partial charge in [0.25, 0.3) is 5.91 Å². The van der Waals surface area contributed by atoms with Crippen LogP contribution in [-0.2, 0) is 0 Å². The van der Waals surface area contributed by atoms with E-state index in [4.69, 9.17) is 0 Å². The lowest BCUT2D eigenvalue weighted by atomic mass is 10.2. The van der Waals surface area contributed by atoms with Gasteiger partial charge in [-0.2, -0.15) is 0 Å². The first kappa shape index (κ1) is 14.2. The van der Waals surface area contributed by atoms with Gasteiger partial charge in [0.2, 0.25) is 0 Å². The van der Waals surface area contributed by atoms with Crippen molar-refractivity contribution < 1.29 is 9.18 Å². The zero-order valence-electron chi connectivity index (χ0n) is 10.0. The van der Waals surface area contributed by atoms with Gasteiger partial charge in [0, 0.05) is 8.95 Å². The number of rotatable bonds is 2. The molecule has 0 unspecified atom stereocenters. The Labute approximate surface area is 127 Å². The Morgan fingerprint density at radius 2 is 1.95 bits per heavy atom. The van der Waals surface area contributed by atoms with Crippen molar-refractivity contribution in [3.8, 4) is 0 Å². The second-order valence-electron chi connectivity index (χ2n) is 4.01. The minimum atomic E-state index is -0.448. The lowest BCUT2D eigenvalue weighted by Crippen LogP contribution is -2.13. The fourth-order valence-electron chi connectivity index (χ4n) is 1.61. The minimum Gasteiger partial charge on any atom is -0.321 e. The van der Waals surface area contributed by atoms with Crippen LogP contribution in [0, 0.1) is 12.7 Å². The molecule has 98 valence electrons. The molecule has 19 heavy (non-hydrogen) atoms. The molecule has 5 heteroatoms. The van der Waals surface area contributed by atoms with E-state index in [9.17, 15) is 9.18 Å². The summed E-state index contributed by atoms with van der Waals surface area (Å²) >= 11 is 6.65. The van der Waals surface area contributed by atoms with Crippen molar-refractivity contribution in [1.82, 2.24) is 0 Å². The van der Waals surface area contributed by atoms with Gasteiger partial charge in [0.15, 0.2) is 0 Å². The van der Waals surface area contributed by atoms with Gasteiger partial charge in [-0.15, -0.1) is 0 Å². The lowest BCUT2D eigenvalue weighted by molar-refractivity contribution is 0.102. The van der Waals surface area contributed by atoms with E-state index in [1.54, 1.807) is 6.07 Å². The molecule has 1 amide bonds. The number of hydrogen-bond donors (Lipinski definition) is 1. The number of amides is 1. The van der Waals surface area contributed by atoms with Crippen LogP contribution in [0.25, 0.3) is 0 Å². The number of hydrogen-bond acceptors (Lipinski definition) is 1. The highest BCUT2D eigenvalue weighted by atomic mass is 79.9. The molecule has 0 aliphatic heterocycles. The SMILES string of the molecule is Cc1cccc(NC(=O)c2cc(F)ccc2Br)c1Br. The van der Waals surface area contributed by atoms with Crippen LogP contribution in [0.3, 0.4) is 0 Å². The third kappa shape index (κ3) is 3.22. The van der Waals surface area contributed by atoms with Gasteiger partial charge in [0.1, 0.15) is 5.82 Å². The summed E-state index contributed by atoms with van der Waals surface area (Å²) < 4.78 is 14.5. The van der Waals surface area contributed by atoms with Crippen LogP contribution in [0.15, 0.2) is 45.3 Å². The predicted octanol–water partition coefficient (Wildman–Crippen LogP) is 4.91. The van der Waals surface area contributed by atoms with Crippen LogP contribution in [0.4, 0.5) is 10.1 Å². The molecule has 0 spiro atoms. The summed E-state index contributed by atoms with van der Waals surface area (Å²) in [5.41, 5.74) is 1.92. The van der Waals surface area contributed by atoms with E-state index in [0.717, 1.165) is 10.0 Å². The van der Waals surface area contributed by atoms with Crippen LogP contribution in [0.1, 0.15) is 15.9 Å². The summed E-state index contributed by atoms with van der Waals surface area (Å²) in [4.78, 5) is 12.1.